The van der Waals surface area contributed by atoms with Crippen LogP contribution in [0.3, 0.4) is 0 Å². The van der Waals surface area contributed by atoms with E-state index in [1.807, 2.05) is 20.8 Å². The summed E-state index contributed by atoms with van der Waals surface area (Å²) in [6.07, 6.45) is 4.18. The van der Waals surface area contributed by atoms with Crippen LogP contribution in [0.4, 0.5) is 4.79 Å². The Morgan fingerprint density at radius 2 is 1.80 bits per heavy atom. The van der Waals surface area contributed by atoms with Crippen molar-refractivity contribution in [2.75, 3.05) is 61.2 Å². The fourth-order valence-corrected chi connectivity index (χ4v) is 5.46. The van der Waals surface area contributed by atoms with E-state index >= 15 is 0 Å². The van der Waals surface area contributed by atoms with Crippen LogP contribution in [0.1, 0.15) is 69.3 Å². The summed E-state index contributed by atoms with van der Waals surface area (Å²) in [6.45, 7) is 12.1. The van der Waals surface area contributed by atoms with Crippen LogP contribution in [-0.2, 0) is 33.8 Å². The average Bonchev–Trinajstić information content (AvgIpc) is 3.15. The van der Waals surface area contributed by atoms with Crippen LogP contribution in [0, 0.1) is 5.41 Å². The number of rotatable bonds is 10. The highest BCUT2D eigenvalue weighted by Crippen LogP contribution is 2.45. The lowest BCUT2D eigenvalue weighted by atomic mass is 9.69. The summed E-state index contributed by atoms with van der Waals surface area (Å²) in [6, 6.07) is 0. The number of nitrogens with one attached hydrogen (secondary N) is 1. The van der Waals surface area contributed by atoms with Gasteiger partial charge in [-0.1, -0.05) is 0 Å². The number of hydrogen-bond donors (Lipinski definition) is 1. The van der Waals surface area contributed by atoms with Crippen LogP contribution in [0.25, 0.3) is 0 Å². The number of likely N-dealkylation sites (N-methyl/N-ethyl adjacent to an activating group) is 2. The summed E-state index contributed by atoms with van der Waals surface area (Å²) in [5, 5.41) is 8.61. The van der Waals surface area contributed by atoms with E-state index in [4.69, 9.17) is 19.3 Å². The van der Waals surface area contributed by atoms with Gasteiger partial charge in [-0.25, -0.2) is 4.79 Å². The van der Waals surface area contributed by atoms with Crippen molar-refractivity contribution in [1.29, 1.82) is 0 Å². The van der Waals surface area contributed by atoms with Crippen LogP contribution < -0.4 is 5.32 Å². The molecule has 0 atom stereocenters. The molecule has 9 nitrogen and oxygen atoms in total. The second-order valence-corrected chi connectivity index (χ2v) is 11.5. The van der Waals surface area contributed by atoms with Gasteiger partial charge in [-0.05, 0) is 59.4 Å². The second kappa shape index (κ2) is 12.0. The molecule has 0 aromatic carbocycles. The average molecular weight is 494 g/mol. The monoisotopic (exact) mass is 493 g/mol. The van der Waals surface area contributed by atoms with Gasteiger partial charge in [0.05, 0.1) is 31.1 Å². The Morgan fingerprint density at radius 3 is 2.40 bits per heavy atom. The Kier molecular flexibility index (Phi) is 9.60. The van der Waals surface area contributed by atoms with Gasteiger partial charge in [-0.3, -0.25) is 9.58 Å². The van der Waals surface area contributed by atoms with Crippen LogP contribution in [0.2, 0.25) is 0 Å². The lowest BCUT2D eigenvalue weighted by Gasteiger charge is -2.39. The summed E-state index contributed by atoms with van der Waals surface area (Å²) in [5.41, 5.74) is 3.60. The number of hydrogen-bond acceptors (Lipinski definition) is 7. The fourth-order valence-electron chi connectivity index (χ4n) is 5.46. The van der Waals surface area contributed by atoms with Gasteiger partial charge in [0.15, 0.2) is 0 Å². The second-order valence-electron chi connectivity index (χ2n) is 11.5. The number of ether oxygens (including phenoxy) is 3. The molecule has 3 rings (SSSR count). The van der Waals surface area contributed by atoms with E-state index in [2.05, 4.69) is 21.9 Å². The summed E-state index contributed by atoms with van der Waals surface area (Å²) >= 11 is 0. The molecule has 1 aromatic rings. The molecule has 9 heteroatoms. The first-order valence-electron chi connectivity index (χ1n) is 13.0. The van der Waals surface area contributed by atoms with Gasteiger partial charge in [0, 0.05) is 65.0 Å². The van der Waals surface area contributed by atoms with Gasteiger partial charge >= 0.3 is 6.09 Å². The summed E-state index contributed by atoms with van der Waals surface area (Å²) < 4.78 is 18.8. The molecule has 0 radical (unpaired) electrons. The third-order valence-corrected chi connectivity index (χ3v) is 7.27. The van der Waals surface area contributed by atoms with Crippen LogP contribution in [0.15, 0.2) is 0 Å². The van der Waals surface area contributed by atoms with Gasteiger partial charge in [0.25, 0.3) is 0 Å². The van der Waals surface area contributed by atoms with Crippen LogP contribution >= 0.6 is 0 Å². The van der Waals surface area contributed by atoms with Crippen molar-refractivity contribution >= 4 is 6.09 Å². The fraction of sp³-hybridized carbons (Fsp3) is 0.846. The van der Waals surface area contributed by atoms with Crippen molar-refractivity contribution in [1.82, 2.24) is 24.9 Å². The minimum atomic E-state index is -0.486. The number of carbonyl (C=O) groups excluding carboxylic acids is 1. The molecule has 1 aliphatic heterocycles. The highest BCUT2D eigenvalue weighted by Gasteiger charge is 2.38. The summed E-state index contributed by atoms with van der Waals surface area (Å²) in [5.74, 6) is 0.508. The molecule has 0 bridgehead atoms. The Hall–Kier alpha value is -1.68. The number of methoxy groups -OCH3 is 2. The molecule has 1 fully saturated rings. The van der Waals surface area contributed by atoms with Gasteiger partial charge < -0.3 is 24.4 Å². The molecule has 1 aromatic heterocycles. The number of carbonyl (C=O) groups is 1. The predicted molar refractivity (Wildman–Crippen MR) is 137 cm³/mol. The van der Waals surface area contributed by atoms with Crippen LogP contribution in [0.5, 0.6) is 0 Å². The molecule has 0 spiro atoms. The van der Waals surface area contributed by atoms with Crippen molar-refractivity contribution in [3.8, 4) is 0 Å². The Morgan fingerprint density at radius 1 is 1.14 bits per heavy atom. The zero-order chi connectivity index (χ0) is 25.6. The highest BCUT2D eigenvalue weighted by atomic mass is 16.6. The lowest BCUT2D eigenvalue weighted by molar-refractivity contribution is -0.0170. The molecule has 1 amide bonds. The maximum atomic E-state index is 12.3. The maximum Gasteiger partial charge on any atom is 0.410 e. The molecule has 35 heavy (non-hydrogen) atoms. The molecule has 1 saturated carbocycles. The van der Waals surface area contributed by atoms with Gasteiger partial charge in [0.2, 0.25) is 0 Å². The zero-order valence-electron chi connectivity index (χ0n) is 23.0. The summed E-state index contributed by atoms with van der Waals surface area (Å²) in [4.78, 5) is 16.2. The van der Waals surface area contributed by atoms with E-state index in [1.165, 1.54) is 17.0 Å². The van der Waals surface area contributed by atoms with Crippen LogP contribution in [-0.4, -0.2) is 92.4 Å². The first-order valence-corrected chi connectivity index (χ1v) is 13.0. The van der Waals surface area contributed by atoms with E-state index in [9.17, 15) is 4.79 Å². The third-order valence-electron chi connectivity index (χ3n) is 7.27. The molecule has 0 saturated heterocycles. The van der Waals surface area contributed by atoms with Crippen molar-refractivity contribution in [3.63, 3.8) is 0 Å². The van der Waals surface area contributed by atoms with Gasteiger partial charge in [0.1, 0.15) is 5.60 Å². The number of fused-ring (bicyclic) bond motifs is 1. The smallest absolute Gasteiger partial charge is 0.410 e. The molecule has 2 heterocycles. The number of amides is 1. The van der Waals surface area contributed by atoms with Gasteiger partial charge in [-0.2, -0.15) is 5.10 Å². The van der Waals surface area contributed by atoms with E-state index < -0.39 is 5.60 Å². The van der Waals surface area contributed by atoms with E-state index in [0.717, 1.165) is 71.6 Å². The molecular weight excluding hydrogens is 446 g/mol. The quantitative estimate of drug-likeness (QED) is 0.536. The van der Waals surface area contributed by atoms with E-state index in [0.29, 0.717) is 12.5 Å². The predicted octanol–water partition coefficient (Wildman–Crippen LogP) is 3.22. The number of aromatic nitrogens is 2. The maximum absolute atomic E-state index is 12.3. The van der Waals surface area contributed by atoms with Crippen molar-refractivity contribution < 1.29 is 19.0 Å². The lowest BCUT2D eigenvalue weighted by Crippen LogP contribution is -2.38. The molecule has 0 unspecified atom stereocenters. The first kappa shape index (κ1) is 27.9. The zero-order valence-corrected chi connectivity index (χ0v) is 23.0. The van der Waals surface area contributed by atoms with E-state index in [1.54, 1.807) is 26.2 Å². The number of nitrogens with zero attached hydrogens (tertiary/aromatic N) is 4. The van der Waals surface area contributed by atoms with Crippen molar-refractivity contribution in [2.45, 2.75) is 77.6 Å². The topological polar surface area (TPSA) is 81.1 Å². The Bertz CT molecular complexity index is 818. The molecule has 2 aliphatic rings. The minimum absolute atomic E-state index is 0.120. The summed E-state index contributed by atoms with van der Waals surface area (Å²) in [7, 11) is 7.48. The normalized spacial score (nSPS) is 18.5. The molecule has 1 N–H and O–H groups in total. The molecular formula is C26H47N5O4. The first-order chi connectivity index (χ1) is 16.6. The van der Waals surface area contributed by atoms with Crippen molar-refractivity contribution in [2.24, 2.45) is 5.41 Å². The molecule has 1 aliphatic carbocycles. The SMILES string of the molecule is COCC1(COC)CCC(c2c(CN(C)CCN(C)C(=O)OC(C)(C)C)nn3c2CNCC3)CC1. The molecule has 200 valence electrons. The highest BCUT2D eigenvalue weighted by molar-refractivity contribution is 5.67. The van der Waals surface area contributed by atoms with Crippen molar-refractivity contribution in [3.05, 3.63) is 17.0 Å². The third kappa shape index (κ3) is 7.41. The van der Waals surface area contributed by atoms with E-state index in [-0.39, 0.29) is 11.5 Å². The minimum Gasteiger partial charge on any atom is -0.444 e. The largest absolute Gasteiger partial charge is 0.444 e. The van der Waals surface area contributed by atoms with Gasteiger partial charge in [-0.15, -0.1) is 0 Å². The Balaban J connectivity index is 1.67. The standard InChI is InChI=1S/C26H47N5O4/c1-25(2,3)35-24(32)30(5)15-14-29(4)17-21-23(22-16-27-12-13-31(22)28-21)20-8-10-26(11-9-20,18-33-6)19-34-7/h20,27H,8-19H2,1-7H3. The Labute approximate surface area is 211 Å².